The van der Waals surface area contributed by atoms with E-state index in [0.717, 1.165) is 0 Å². The van der Waals surface area contributed by atoms with Crippen molar-refractivity contribution in [2.75, 3.05) is 11.5 Å². The number of aromatic hydroxyl groups is 2. The van der Waals surface area contributed by atoms with Crippen LogP contribution in [0.3, 0.4) is 0 Å². The van der Waals surface area contributed by atoms with Crippen LogP contribution < -0.4 is 20.9 Å². The molecule has 4 rings (SSSR count). The fourth-order valence-electron chi connectivity index (χ4n) is 3.43. The predicted octanol–water partition coefficient (Wildman–Crippen LogP) is 4.94. The molecule has 4 aromatic carbocycles. The van der Waals surface area contributed by atoms with Crippen molar-refractivity contribution in [3.8, 4) is 71.5 Å². The molecule has 6 nitrogen and oxygen atoms in total. The lowest BCUT2D eigenvalue weighted by Crippen LogP contribution is -1.98. The fourth-order valence-corrected chi connectivity index (χ4v) is 3.43. The van der Waals surface area contributed by atoms with Gasteiger partial charge in [0.25, 0.3) is 0 Å². The van der Waals surface area contributed by atoms with E-state index in [9.17, 15) is 10.2 Å². The molecule has 0 radical (unpaired) electrons. The first kappa shape index (κ1) is 21.8. The van der Waals surface area contributed by atoms with Crippen molar-refractivity contribution in [2.45, 2.75) is 0 Å². The van der Waals surface area contributed by atoms with Gasteiger partial charge in [0.2, 0.25) is 0 Å². The number of benzene rings is 4. The van der Waals surface area contributed by atoms with E-state index in [1.807, 2.05) is 0 Å². The van der Waals surface area contributed by atoms with Crippen LogP contribution in [0.15, 0.2) is 54.6 Å². The Kier molecular flexibility index (Phi) is 5.54. The van der Waals surface area contributed by atoms with Gasteiger partial charge < -0.3 is 31.2 Å². The number of hydrogen-bond donors (Lipinski definition) is 4. The second kappa shape index (κ2) is 8.63. The first-order chi connectivity index (χ1) is 16.4. The fraction of sp³-hybridized carbons (Fsp3) is 0. The van der Waals surface area contributed by atoms with Crippen LogP contribution in [0.5, 0.6) is 34.5 Å². The Labute approximate surface area is 196 Å². The predicted molar refractivity (Wildman–Crippen MR) is 133 cm³/mol. The summed E-state index contributed by atoms with van der Waals surface area (Å²) in [5, 5.41) is 20.6. The number of terminal acetylenes is 3. The molecule has 0 saturated heterocycles. The van der Waals surface area contributed by atoms with Crippen LogP contribution in [0.2, 0.25) is 0 Å². The number of nitrogen functional groups attached to an aromatic ring is 2. The lowest BCUT2D eigenvalue weighted by Gasteiger charge is -2.17. The molecule has 164 valence electrons. The highest BCUT2D eigenvalue weighted by Gasteiger charge is 2.19. The maximum Gasteiger partial charge on any atom is 0.152 e. The zero-order valence-electron chi connectivity index (χ0n) is 17.8. The number of rotatable bonds is 4. The summed E-state index contributed by atoms with van der Waals surface area (Å²) >= 11 is 0. The zero-order chi connectivity index (χ0) is 24.4. The summed E-state index contributed by atoms with van der Waals surface area (Å²) in [6.07, 6.45) is 17.3. The number of nitrogens with two attached hydrogens (primary N) is 2. The zero-order valence-corrected chi connectivity index (χ0v) is 17.8. The third kappa shape index (κ3) is 3.82. The molecule has 4 aromatic rings. The molecular formula is C28H18N2O4. The molecule has 6 heteroatoms. The molecule has 0 spiro atoms. The first-order valence-electron chi connectivity index (χ1n) is 9.92. The normalized spacial score (nSPS) is 10.1. The summed E-state index contributed by atoms with van der Waals surface area (Å²) in [4.78, 5) is 0. The molecule has 0 fully saturated rings. The third-order valence-electron chi connectivity index (χ3n) is 5.12. The molecule has 6 N–H and O–H groups in total. The first-order valence-corrected chi connectivity index (χ1v) is 9.92. The molecule has 0 bridgehead atoms. The summed E-state index contributed by atoms with van der Waals surface area (Å²) in [5.41, 5.74) is 13.1. The van der Waals surface area contributed by atoms with E-state index < -0.39 is 0 Å². The number of ether oxygens (including phenoxy) is 2. The van der Waals surface area contributed by atoms with Crippen molar-refractivity contribution < 1.29 is 19.7 Å². The Morgan fingerprint density at radius 3 is 1.68 bits per heavy atom. The minimum atomic E-state index is -0.0747. The highest BCUT2D eigenvalue weighted by atomic mass is 16.5. The summed E-state index contributed by atoms with van der Waals surface area (Å²) in [6, 6.07) is 14.0. The van der Waals surface area contributed by atoms with Crippen molar-refractivity contribution in [1.82, 2.24) is 0 Å². The second-order valence-electron chi connectivity index (χ2n) is 7.24. The number of anilines is 2. The summed E-state index contributed by atoms with van der Waals surface area (Å²) < 4.78 is 12.2. The maximum atomic E-state index is 9.74. The Balaban J connectivity index is 1.98. The van der Waals surface area contributed by atoms with E-state index in [1.54, 1.807) is 30.3 Å². The molecule has 34 heavy (non-hydrogen) atoms. The molecule has 0 amide bonds. The molecule has 0 atom stereocenters. The van der Waals surface area contributed by atoms with Gasteiger partial charge in [-0.05, 0) is 42.5 Å². The van der Waals surface area contributed by atoms with Gasteiger partial charge in [0, 0.05) is 28.5 Å². The molecule has 0 aliphatic carbocycles. The minimum absolute atomic E-state index is 0.0698. The van der Waals surface area contributed by atoms with Crippen molar-refractivity contribution in [1.29, 1.82) is 0 Å². The van der Waals surface area contributed by atoms with Crippen LogP contribution in [0, 0.1) is 37.0 Å². The smallest absolute Gasteiger partial charge is 0.152 e. The number of hydrogen-bond acceptors (Lipinski definition) is 6. The monoisotopic (exact) mass is 446 g/mol. The highest BCUT2D eigenvalue weighted by molar-refractivity contribution is 5.98. The van der Waals surface area contributed by atoms with E-state index in [2.05, 4.69) is 17.8 Å². The van der Waals surface area contributed by atoms with Crippen molar-refractivity contribution in [3.63, 3.8) is 0 Å². The lowest BCUT2D eigenvalue weighted by atomic mass is 9.97. The van der Waals surface area contributed by atoms with Gasteiger partial charge in [0.05, 0.1) is 22.5 Å². The summed E-state index contributed by atoms with van der Waals surface area (Å²) in [7, 11) is 0. The Hall–Kier alpha value is -5.38. The van der Waals surface area contributed by atoms with E-state index in [-0.39, 0.29) is 22.9 Å². The quantitative estimate of drug-likeness (QED) is 0.201. The molecule has 0 heterocycles. The van der Waals surface area contributed by atoms with E-state index in [1.165, 1.54) is 24.3 Å². The lowest BCUT2D eigenvalue weighted by molar-refractivity contribution is 0.466. The molecular weight excluding hydrogens is 428 g/mol. The van der Waals surface area contributed by atoms with Gasteiger partial charge in [0.1, 0.15) is 23.0 Å². The molecule has 0 aromatic heterocycles. The van der Waals surface area contributed by atoms with Gasteiger partial charge in [0.15, 0.2) is 11.5 Å². The standard InChI is InChI=1S/C28H18N2O4/c1-4-16-7-10-21-22(27(16)33-18-8-11-25(31)23(29)14-18)13-17(5-2)20(6-3)28(21)34-19-9-12-26(32)24(30)15-19/h1-3,7-15,31-32H,29-30H2. The van der Waals surface area contributed by atoms with Gasteiger partial charge in [-0.25, -0.2) is 0 Å². The second-order valence-corrected chi connectivity index (χ2v) is 7.24. The molecule has 0 saturated carbocycles. The van der Waals surface area contributed by atoms with Crippen LogP contribution in [0.25, 0.3) is 10.8 Å². The van der Waals surface area contributed by atoms with Gasteiger partial charge in [-0.2, -0.15) is 0 Å². The number of fused-ring (bicyclic) bond motifs is 1. The van der Waals surface area contributed by atoms with Crippen LogP contribution in [-0.4, -0.2) is 10.2 Å². The maximum absolute atomic E-state index is 9.74. The van der Waals surface area contributed by atoms with Gasteiger partial charge in [-0.1, -0.05) is 17.8 Å². The van der Waals surface area contributed by atoms with Crippen molar-refractivity contribution >= 4 is 22.1 Å². The van der Waals surface area contributed by atoms with Crippen LogP contribution in [-0.2, 0) is 0 Å². The number of phenolic OH excluding ortho intramolecular Hbond substituents is 2. The van der Waals surface area contributed by atoms with Gasteiger partial charge in [-0.3, -0.25) is 0 Å². The largest absolute Gasteiger partial charge is 0.506 e. The molecule has 0 aliphatic heterocycles. The van der Waals surface area contributed by atoms with Crippen LogP contribution >= 0.6 is 0 Å². The summed E-state index contributed by atoms with van der Waals surface area (Å²) in [5.74, 6) is 8.97. The molecule has 0 aliphatic rings. The Morgan fingerprint density at radius 2 is 1.18 bits per heavy atom. The van der Waals surface area contributed by atoms with Gasteiger partial charge in [-0.15, -0.1) is 19.3 Å². The van der Waals surface area contributed by atoms with Crippen molar-refractivity contribution in [3.05, 3.63) is 71.3 Å². The SMILES string of the molecule is C#Cc1cc2c(Oc3ccc(O)c(N)c3)c(C#C)ccc2c(Oc2ccc(O)c(N)c2)c1C#C. The van der Waals surface area contributed by atoms with Gasteiger partial charge >= 0.3 is 0 Å². The summed E-state index contributed by atoms with van der Waals surface area (Å²) in [6.45, 7) is 0. The average Bonchev–Trinajstić information content (AvgIpc) is 2.83. The van der Waals surface area contributed by atoms with Crippen molar-refractivity contribution in [2.24, 2.45) is 0 Å². The Bertz CT molecular complexity index is 1580. The van der Waals surface area contributed by atoms with E-state index in [0.29, 0.717) is 50.5 Å². The van der Waals surface area contributed by atoms with E-state index in [4.69, 9.17) is 40.2 Å². The average molecular weight is 446 g/mol. The van der Waals surface area contributed by atoms with Crippen LogP contribution in [0.1, 0.15) is 16.7 Å². The van der Waals surface area contributed by atoms with E-state index >= 15 is 0 Å². The van der Waals surface area contributed by atoms with Crippen LogP contribution in [0.4, 0.5) is 11.4 Å². The molecule has 0 unspecified atom stereocenters. The Morgan fingerprint density at radius 1 is 0.618 bits per heavy atom. The number of phenols is 2. The topological polar surface area (TPSA) is 111 Å². The minimum Gasteiger partial charge on any atom is -0.506 e. The third-order valence-corrected chi connectivity index (χ3v) is 5.12. The highest BCUT2D eigenvalue weighted by Crippen LogP contribution is 2.43.